The molecule has 1 aromatic rings. The minimum absolute atomic E-state index is 0.401. The molecule has 1 aromatic carbocycles. The van der Waals surface area contributed by atoms with Crippen molar-refractivity contribution in [1.82, 2.24) is 0 Å². The zero-order valence-corrected chi connectivity index (χ0v) is 8.94. The van der Waals surface area contributed by atoms with Crippen molar-refractivity contribution in [1.29, 1.82) is 0 Å². The van der Waals surface area contributed by atoms with Gasteiger partial charge in [-0.15, -0.1) is 0 Å². The van der Waals surface area contributed by atoms with Crippen LogP contribution in [0.4, 0.5) is 5.69 Å². The molecule has 0 aromatic heterocycles. The van der Waals surface area contributed by atoms with Gasteiger partial charge in [-0.3, -0.25) is 4.79 Å². The molecule has 1 amide bonds. The third kappa shape index (κ3) is 2.21. The predicted molar refractivity (Wildman–Crippen MR) is 62.0 cm³/mol. The van der Waals surface area contributed by atoms with Crippen molar-refractivity contribution in [3.05, 3.63) is 29.3 Å². The van der Waals surface area contributed by atoms with Crippen LogP contribution in [0.25, 0.3) is 0 Å². The number of carbonyl (C=O) groups excluding carboxylic acids is 1. The second-order valence-corrected chi connectivity index (χ2v) is 3.88. The fourth-order valence-electron chi connectivity index (χ4n) is 2.12. The largest absolute Gasteiger partial charge is 0.411 e. The standard InChI is InChI=1S/C12H14N2O2/c15-12(8-13-16)14-11-7-3-5-9-4-1-2-6-10(9)11/h3,5,7-8,16H,1-2,4,6H2,(H,14,15)/b13-8-. The predicted octanol–water partition coefficient (Wildman–Crippen LogP) is 1.96. The van der Waals surface area contributed by atoms with Gasteiger partial charge in [0, 0.05) is 5.69 Å². The molecule has 0 radical (unpaired) electrons. The van der Waals surface area contributed by atoms with Gasteiger partial charge in [-0.1, -0.05) is 17.3 Å². The first-order valence-electron chi connectivity index (χ1n) is 5.40. The summed E-state index contributed by atoms with van der Waals surface area (Å²) in [6.07, 6.45) is 5.31. The summed E-state index contributed by atoms with van der Waals surface area (Å²) in [5.74, 6) is -0.401. The van der Waals surface area contributed by atoms with Crippen molar-refractivity contribution in [3.63, 3.8) is 0 Å². The molecule has 2 N–H and O–H groups in total. The van der Waals surface area contributed by atoms with Gasteiger partial charge in [0.15, 0.2) is 0 Å². The van der Waals surface area contributed by atoms with Crippen LogP contribution in [-0.4, -0.2) is 17.3 Å². The van der Waals surface area contributed by atoms with Gasteiger partial charge in [0.1, 0.15) is 6.21 Å². The van der Waals surface area contributed by atoms with E-state index in [0.29, 0.717) is 0 Å². The molecular formula is C12H14N2O2. The second kappa shape index (κ2) is 4.79. The highest BCUT2D eigenvalue weighted by atomic mass is 16.4. The Kier molecular flexibility index (Phi) is 3.19. The number of amides is 1. The molecule has 1 aliphatic rings. The Morgan fingerprint density at radius 3 is 3.00 bits per heavy atom. The zero-order chi connectivity index (χ0) is 11.4. The first-order valence-corrected chi connectivity index (χ1v) is 5.40. The number of benzene rings is 1. The molecule has 0 saturated carbocycles. The molecule has 16 heavy (non-hydrogen) atoms. The Morgan fingerprint density at radius 2 is 2.19 bits per heavy atom. The Morgan fingerprint density at radius 1 is 1.38 bits per heavy atom. The van der Waals surface area contributed by atoms with E-state index in [1.165, 1.54) is 17.5 Å². The third-order valence-electron chi connectivity index (χ3n) is 2.83. The monoisotopic (exact) mass is 218 g/mol. The molecular weight excluding hydrogens is 204 g/mol. The second-order valence-electron chi connectivity index (χ2n) is 3.88. The topological polar surface area (TPSA) is 61.7 Å². The average Bonchev–Trinajstić information content (AvgIpc) is 2.30. The molecule has 0 heterocycles. The third-order valence-corrected chi connectivity index (χ3v) is 2.83. The number of fused-ring (bicyclic) bond motifs is 1. The van der Waals surface area contributed by atoms with Crippen molar-refractivity contribution >= 4 is 17.8 Å². The minimum atomic E-state index is -0.401. The van der Waals surface area contributed by atoms with E-state index in [4.69, 9.17) is 5.21 Å². The number of nitrogens with one attached hydrogen (secondary N) is 1. The molecule has 0 atom stereocenters. The fraction of sp³-hybridized carbons (Fsp3) is 0.333. The van der Waals surface area contributed by atoms with Crippen molar-refractivity contribution < 1.29 is 10.0 Å². The average molecular weight is 218 g/mol. The van der Waals surface area contributed by atoms with Crippen LogP contribution in [0.3, 0.4) is 0 Å². The fourth-order valence-corrected chi connectivity index (χ4v) is 2.12. The first-order chi connectivity index (χ1) is 7.81. The van der Waals surface area contributed by atoms with Gasteiger partial charge in [-0.25, -0.2) is 0 Å². The molecule has 1 aliphatic carbocycles. The van der Waals surface area contributed by atoms with Crippen LogP contribution in [0.15, 0.2) is 23.4 Å². The summed E-state index contributed by atoms with van der Waals surface area (Å²) in [4.78, 5) is 11.3. The van der Waals surface area contributed by atoms with Crippen LogP contribution in [0.1, 0.15) is 24.0 Å². The van der Waals surface area contributed by atoms with Crippen LogP contribution in [0.5, 0.6) is 0 Å². The van der Waals surface area contributed by atoms with Crippen LogP contribution >= 0.6 is 0 Å². The maximum Gasteiger partial charge on any atom is 0.270 e. The number of nitrogens with zero attached hydrogens (tertiary/aromatic N) is 1. The molecule has 4 nitrogen and oxygen atoms in total. The lowest BCUT2D eigenvalue weighted by molar-refractivity contribution is -0.110. The molecule has 0 saturated heterocycles. The minimum Gasteiger partial charge on any atom is -0.411 e. The molecule has 0 unspecified atom stereocenters. The summed E-state index contributed by atoms with van der Waals surface area (Å²) in [6.45, 7) is 0. The zero-order valence-electron chi connectivity index (χ0n) is 8.94. The van der Waals surface area contributed by atoms with Gasteiger partial charge in [0.05, 0.1) is 0 Å². The maximum absolute atomic E-state index is 11.3. The van der Waals surface area contributed by atoms with Crippen LogP contribution in [-0.2, 0) is 17.6 Å². The van der Waals surface area contributed by atoms with Gasteiger partial charge in [-0.2, -0.15) is 0 Å². The Bertz CT molecular complexity index is 427. The lowest BCUT2D eigenvalue weighted by Gasteiger charge is -2.19. The van der Waals surface area contributed by atoms with Gasteiger partial charge >= 0.3 is 0 Å². The number of anilines is 1. The highest BCUT2D eigenvalue weighted by molar-refractivity contribution is 6.31. The molecule has 0 spiro atoms. The summed E-state index contributed by atoms with van der Waals surface area (Å²) in [6, 6.07) is 5.92. The molecule has 2 rings (SSSR count). The lowest BCUT2D eigenvalue weighted by Crippen LogP contribution is -2.16. The smallest absolute Gasteiger partial charge is 0.270 e. The molecule has 0 fully saturated rings. The Labute approximate surface area is 94.0 Å². The quantitative estimate of drug-likeness (QED) is 0.453. The maximum atomic E-state index is 11.3. The van der Waals surface area contributed by atoms with Gasteiger partial charge in [-0.05, 0) is 42.9 Å². The number of hydrogen-bond donors (Lipinski definition) is 2. The van der Waals surface area contributed by atoms with Crippen molar-refractivity contribution in [2.45, 2.75) is 25.7 Å². The van der Waals surface area contributed by atoms with Crippen LogP contribution in [0.2, 0.25) is 0 Å². The number of oxime groups is 1. The molecule has 84 valence electrons. The van der Waals surface area contributed by atoms with E-state index < -0.39 is 5.91 Å². The van der Waals surface area contributed by atoms with Crippen molar-refractivity contribution in [2.24, 2.45) is 5.16 Å². The summed E-state index contributed by atoms with van der Waals surface area (Å²) < 4.78 is 0. The van der Waals surface area contributed by atoms with Crippen molar-refractivity contribution in [2.75, 3.05) is 5.32 Å². The summed E-state index contributed by atoms with van der Waals surface area (Å²) >= 11 is 0. The van der Waals surface area contributed by atoms with Crippen LogP contribution < -0.4 is 5.32 Å². The number of aryl methyl sites for hydroxylation is 1. The van der Waals surface area contributed by atoms with Gasteiger partial charge in [0.25, 0.3) is 5.91 Å². The van der Waals surface area contributed by atoms with Gasteiger partial charge < -0.3 is 10.5 Å². The first kappa shape index (κ1) is 10.7. The number of rotatable bonds is 2. The lowest BCUT2D eigenvalue weighted by atomic mass is 9.90. The van der Waals surface area contributed by atoms with E-state index in [2.05, 4.69) is 16.5 Å². The van der Waals surface area contributed by atoms with Crippen LogP contribution in [0, 0.1) is 0 Å². The van der Waals surface area contributed by atoms with E-state index in [1.54, 1.807) is 0 Å². The van der Waals surface area contributed by atoms with Crippen molar-refractivity contribution in [3.8, 4) is 0 Å². The summed E-state index contributed by atoms with van der Waals surface area (Å²) in [7, 11) is 0. The van der Waals surface area contributed by atoms with E-state index in [0.717, 1.165) is 31.2 Å². The van der Waals surface area contributed by atoms with E-state index in [-0.39, 0.29) is 0 Å². The van der Waals surface area contributed by atoms with E-state index in [9.17, 15) is 4.79 Å². The highest BCUT2D eigenvalue weighted by Gasteiger charge is 2.13. The number of carbonyl (C=O) groups is 1. The summed E-state index contributed by atoms with van der Waals surface area (Å²) in [5.41, 5.74) is 3.36. The highest BCUT2D eigenvalue weighted by Crippen LogP contribution is 2.27. The molecule has 0 bridgehead atoms. The number of hydrogen-bond acceptors (Lipinski definition) is 3. The summed E-state index contributed by atoms with van der Waals surface area (Å²) in [5, 5.41) is 13.7. The van der Waals surface area contributed by atoms with E-state index >= 15 is 0 Å². The van der Waals surface area contributed by atoms with Gasteiger partial charge in [0.2, 0.25) is 0 Å². The SMILES string of the molecule is O=C(/C=N\O)Nc1cccc2c1CCCC2. The Balaban J connectivity index is 2.24. The molecule has 4 heteroatoms. The normalized spacial score (nSPS) is 14.8. The Hall–Kier alpha value is -1.84. The molecule has 0 aliphatic heterocycles. The van der Waals surface area contributed by atoms with E-state index in [1.807, 2.05) is 12.1 Å².